The van der Waals surface area contributed by atoms with Crippen LogP contribution in [0.25, 0.3) is 0 Å². The summed E-state index contributed by atoms with van der Waals surface area (Å²) in [5, 5.41) is 12.8. The van der Waals surface area contributed by atoms with Gasteiger partial charge in [-0.25, -0.2) is 0 Å². The number of aliphatic hydroxyl groups excluding tert-OH is 1. The zero-order valence-electron chi connectivity index (χ0n) is 12.6. The first-order chi connectivity index (χ1) is 8.50. The van der Waals surface area contributed by atoms with Gasteiger partial charge >= 0.3 is 0 Å². The van der Waals surface area contributed by atoms with Crippen LogP contribution in [-0.2, 0) is 4.79 Å². The summed E-state index contributed by atoms with van der Waals surface area (Å²) < 4.78 is 0. The van der Waals surface area contributed by atoms with Crippen molar-refractivity contribution < 1.29 is 9.90 Å². The minimum atomic E-state index is -0.186. The molecule has 0 heterocycles. The number of likely N-dealkylation sites (N-methyl/N-ethyl adjacent to an activating group) is 1. The summed E-state index contributed by atoms with van der Waals surface area (Å²) in [6.45, 7) is 12.4. The molecule has 18 heavy (non-hydrogen) atoms. The van der Waals surface area contributed by atoms with Crippen LogP contribution in [0.2, 0.25) is 0 Å². The molecule has 0 aliphatic carbocycles. The van der Waals surface area contributed by atoms with Gasteiger partial charge in [0.25, 0.3) is 0 Å². The molecule has 4 nitrogen and oxygen atoms in total. The van der Waals surface area contributed by atoms with Crippen molar-refractivity contribution in [3.8, 4) is 0 Å². The molecule has 0 saturated carbocycles. The Morgan fingerprint density at radius 2 is 1.72 bits per heavy atom. The van der Waals surface area contributed by atoms with Crippen molar-refractivity contribution in [2.45, 2.75) is 53.5 Å². The van der Waals surface area contributed by atoms with Gasteiger partial charge in [-0.05, 0) is 33.6 Å². The number of carbonyl (C=O) groups excluding carboxylic acids is 1. The number of amides is 1. The lowest BCUT2D eigenvalue weighted by Crippen LogP contribution is -2.48. The normalized spacial score (nSPS) is 13.4. The van der Waals surface area contributed by atoms with Gasteiger partial charge in [0.05, 0.1) is 6.04 Å². The van der Waals surface area contributed by atoms with Crippen LogP contribution in [0, 0.1) is 5.41 Å². The summed E-state index contributed by atoms with van der Waals surface area (Å²) >= 11 is 0. The molecule has 0 saturated heterocycles. The lowest BCUT2D eigenvalue weighted by Gasteiger charge is -2.32. The fraction of sp³-hybridized carbons (Fsp3) is 0.929. The predicted molar refractivity (Wildman–Crippen MR) is 75.5 cm³/mol. The fourth-order valence-electron chi connectivity index (χ4n) is 2.05. The molecule has 0 spiro atoms. The van der Waals surface area contributed by atoms with E-state index in [-0.39, 0.29) is 24.0 Å². The van der Waals surface area contributed by atoms with E-state index in [9.17, 15) is 9.90 Å². The van der Waals surface area contributed by atoms with Crippen LogP contribution < -0.4 is 5.32 Å². The number of hydrogen-bond donors (Lipinski definition) is 2. The molecule has 0 aromatic heterocycles. The van der Waals surface area contributed by atoms with Crippen molar-refractivity contribution in [1.29, 1.82) is 0 Å². The lowest BCUT2D eigenvalue weighted by molar-refractivity contribution is -0.132. The monoisotopic (exact) mass is 258 g/mol. The Bertz CT molecular complexity index is 228. The third kappa shape index (κ3) is 4.58. The molecule has 0 aromatic rings. The van der Waals surface area contributed by atoms with E-state index in [1.165, 1.54) is 0 Å². The number of nitrogens with one attached hydrogen (secondary N) is 1. The molecule has 0 rings (SSSR count). The molecular weight excluding hydrogens is 228 g/mol. The molecule has 0 aliphatic rings. The molecular formula is C14H30N2O2. The van der Waals surface area contributed by atoms with Crippen molar-refractivity contribution in [1.82, 2.24) is 10.2 Å². The first kappa shape index (κ1) is 17.4. The second-order valence-electron chi connectivity index (χ2n) is 4.98. The minimum absolute atomic E-state index is 0.0994. The SMILES string of the molecule is CCN(CC)C(=O)C(C)NCC(CC)(CC)CO. The molecule has 0 radical (unpaired) electrons. The number of nitrogens with zero attached hydrogens (tertiary/aromatic N) is 1. The van der Waals surface area contributed by atoms with E-state index < -0.39 is 0 Å². The van der Waals surface area contributed by atoms with E-state index >= 15 is 0 Å². The Balaban J connectivity index is 4.39. The van der Waals surface area contributed by atoms with Gasteiger partial charge in [-0.15, -0.1) is 0 Å². The zero-order valence-corrected chi connectivity index (χ0v) is 12.6. The molecule has 0 bridgehead atoms. The van der Waals surface area contributed by atoms with Gasteiger partial charge in [-0.1, -0.05) is 13.8 Å². The van der Waals surface area contributed by atoms with E-state index in [1.54, 1.807) is 0 Å². The van der Waals surface area contributed by atoms with Gasteiger partial charge in [0.1, 0.15) is 0 Å². The van der Waals surface area contributed by atoms with Crippen LogP contribution in [0.15, 0.2) is 0 Å². The second-order valence-corrected chi connectivity index (χ2v) is 4.98. The minimum Gasteiger partial charge on any atom is -0.396 e. The van der Waals surface area contributed by atoms with Gasteiger partial charge in [-0.3, -0.25) is 4.79 Å². The lowest BCUT2D eigenvalue weighted by atomic mass is 9.83. The fourth-order valence-corrected chi connectivity index (χ4v) is 2.05. The van der Waals surface area contributed by atoms with Crippen LogP contribution in [0.3, 0.4) is 0 Å². The number of aliphatic hydroxyl groups is 1. The molecule has 1 unspecified atom stereocenters. The highest BCUT2D eigenvalue weighted by molar-refractivity contribution is 5.81. The number of rotatable bonds is 9. The van der Waals surface area contributed by atoms with Crippen molar-refractivity contribution in [2.75, 3.05) is 26.2 Å². The molecule has 1 amide bonds. The summed E-state index contributed by atoms with van der Waals surface area (Å²) in [6, 6.07) is -0.186. The maximum Gasteiger partial charge on any atom is 0.239 e. The molecule has 0 aromatic carbocycles. The van der Waals surface area contributed by atoms with E-state index in [0.29, 0.717) is 6.54 Å². The average Bonchev–Trinajstić information content (AvgIpc) is 2.41. The molecule has 4 heteroatoms. The summed E-state index contributed by atoms with van der Waals surface area (Å²) in [5.41, 5.74) is -0.0994. The average molecular weight is 258 g/mol. The number of carbonyl (C=O) groups is 1. The highest BCUT2D eigenvalue weighted by Gasteiger charge is 2.27. The van der Waals surface area contributed by atoms with Crippen molar-refractivity contribution in [3.05, 3.63) is 0 Å². The highest BCUT2D eigenvalue weighted by Crippen LogP contribution is 2.24. The van der Waals surface area contributed by atoms with Gasteiger partial charge in [0.15, 0.2) is 0 Å². The van der Waals surface area contributed by atoms with Gasteiger partial charge in [0.2, 0.25) is 5.91 Å². The van der Waals surface area contributed by atoms with Gasteiger partial charge in [-0.2, -0.15) is 0 Å². The maximum absolute atomic E-state index is 12.1. The van der Waals surface area contributed by atoms with Gasteiger partial charge < -0.3 is 15.3 Å². The molecule has 0 fully saturated rings. The summed E-state index contributed by atoms with van der Waals surface area (Å²) in [6.07, 6.45) is 1.83. The van der Waals surface area contributed by atoms with Crippen LogP contribution in [0.5, 0.6) is 0 Å². The third-order valence-corrected chi connectivity index (χ3v) is 4.06. The number of hydrogen-bond acceptors (Lipinski definition) is 3. The Hall–Kier alpha value is -0.610. The third-order valence-electron chi connectivity index (χ3n) is 4.06. The van der Waals surface area contributed by atoms with Crippen LogP contribution >= 0.6 is 0 Å². The second kappa shape index (κ2) is 8.48. The Morgan fingerprint density at radius 1 is 1.22 bits per heavy atom. The van der Waals surface area contributed by atoms with Crippen LogP contribution in [0.1, 0.15) is 47.5 Å². The Morgan fingerprint density at radius 3 is 2.06 bits per heavy atom. The van der Waals surface area contributed by atoms with Crippen LogP contribution in [0.4, 0.5) is 0 Å². The largest absolute Gasteiger partial charge is 0.396 e. The highest BCUT2D eigenvalue weighted by atomic mass is 16.3. The summed E-state index contributed by atoms with van der Waals surface area (Å²) in [5.74, 6) is 0.138. The quantitative estimate of drug-likeness (QED) is 0.661. The van der Waals surface area contributed by atoms with Crippen molar-refractivity contribution >= 4 is 5.91 Å². The van der Waals surface area contributed by atoms with Crippen LogP contribution in [-0.4, -0.2) is 48.2 Å². The predicted octanol–water partition coefficient (Wildman–Crippen LogP) is 1.63. The zero-order chi connectivity index (χ0) is 14.2. The first-order valence-electron chi connectivity index (χ1n) is 7.13. The van der Waals surface area contributed by atoms with E-state index in [2.05, 4.69) is 19.2 Å². The molecule has 2 N–H and O–H groups in total. The molecule has 0 aliphatic heterocycles. The first-order valence-corrected chi connectivity index (χ1v) is 7.13. The van der Waals surface area contributed by atoms with E-state index in [4.69, 9.17) is 0 Å². The van der Waals surface area contributed by atoms with Crippen molar-refractivity contribution in [2.24, 2.45) is 5.41 Å². The maximum atomic E-state index is 12.1. The topological polar surface area (TPSA) is 52.6 Å². The standard InChI is InChI=1S/C14H30N2O2/c1-6-14(7-2,11-17)10-15-12(5)13(18)16(8-3)9-4/h12,15,17H,6-11H2,1-5H3. The van der Waals surface area contributed by atoms with E-state index in [1.807, 2.05) is 25.7 Å². The van der Waals surface area contributed by atoms with Gasteiger partial charge in [0, 0.05) is 31.7 Å². The van der Waals surface area contributed by atoms with E-state index in [0.717, 1.165) is 25.9 Å². The Labute approximate surface area is 112 Å². The van der Waals surface area contributed by atoms with Crippen molar-refractivity contribution in [3.63, 3.8) is 0 Å². The molecule has 1 atom stereocenters. The summed E-state index contributed by atoms with van der Waals surface area (Å²) in [7, 11) is 0. The smallest absolute Gasteiger partial charge is 0.239 e. The molecule has 108 valence electrons. The Kier molecular flexibility index (Phi) is 8.20. The summed E-state index contributed by atoms with van der Waals surface area (Å²) in [4.78, 5) is 13.9.